The molecule has 0 heterocycles. The lowest BCUT2D eigenvalue weighted by atomic mass is 10.1. The molecule has 142 valence electrons. The monoisotopic (exact) mass is 352 g/mol. The van der Waals surface area contributed by atoms with Gasteiger partial charge in [0.05, 0.1) is 0 Å². The molecule has 5 heteroatoms. The number of aliphatic hydroxyl groups excluding tert-OH is 3. The molecule has 0 fully saturated rings. The van der Waals surface area contributed by atoms with E-state index in [1.807, 2.05) is 12.2 Å². The molecule has 0 amide bonds. The lowest BCUT2D eigenvalue weighted by molar-refractivity contribution is -0.135. The van der Waals surface area contributed by atoms with E-state index in [9.17, 15) is 15.0 Å². The summed E-state index contributed by atoms with van der Waals surface area (Å²) in [5, 5.41) is 36.1. The van der Waals surface area contributed by atoms with E-state index in [1.54, 1.807) is 6.08 Å². The van der Waals surface area contributed by atoms with Gasteiger partial charge >= 0.3 is 5.97 Å². The molecule has 25 heavy (non-hydrogen) atoms. The third kappa shape index (κ3) is 12.9. The lowest BCUT2D eigenvalue weighted by Gasteiger charge is -2.00. The summed E-state index contributed by atoms with van der Waals surface area (Å²) in [6.45, 7) is 2.23. The minimum atomic E-state index is -1.71. The topological polar surface area (TPSA) is 98.0 Å². The Bertz CT molecular complexity index is 486. The van der Waals surface area contributed by atoms with Crippen LogP contribution in [0.25, 0.3) is 0 Å². The average Bonchev–Trinajstić information content (AvgIpc) is 2.60. The van der Waals surface area contributed by atoms with Gasteiger partial charge in [0.25, 0.3) is 0 Å². The molecule has 0 saturated carbocycles. The van der Waals surface area contributed by atoms with Crippen LogP contribution in [0.2, 0.25) is 0 Å². The molecular weight excluding hydrogens is 320 g/mol. The first-order valence-corrected chi connectivity index (χ1v) is 9.09. The van der Waals surface area contributed by atoms with Crippen molar-refractivity contribution in [3.8, 4) is 0 Å². The summed E-state index contributed by atoms with van der Waals surface area (Å²) in [5.74, 6) is -4.76. The molecule has 0 aromatic rings. The van der Waals surface area contributed by atoms with Gasteiger partial charge in [-0.1, -0.05) is 82.6 Å². The first-order chi connectivity index (χ1) is 12.0. The van der Waals surface area contributed by atoms with E-state index >= 15 is 0 Å². The summed E-state index contributed by atoms with van der Waals surface area (Å²) < 4.78 is 0. The highest BCUT2D eigenvalue weighted by Crippen LogP contribution is 2.11. The Kier molecular flexibility index (Phi) is 14.0. The van der Waals surface area contributed by atoms with Gasteiger partial charge in [0.1, 0.15) is 0 Å². The molecule has 0 spiro atoms. The summed E-state index contributed by atoms with van der Waals surface area (Å²) in [6.07, 6.45) is 20.7. The average molecular weight is 352 g/mol. The van der Waals surface area contributed by atoms with Gasteiger partial charge in [-0.05, 0) is 18.9 Å². The van der Waals surface area contributed by atoms with E-state index < -0.39 is 23.2 Å². The van der Waals surface area contributed by atoms with E-state index in [1.165, 1.54) is 57.4 Å². The minimum Gasteiger partial charge on any atom is -0.504 e. The maximum Gasteiger partial charge on any atom is 0.375 e. The van der Waals surface area contributed by atoms with Gasteiger partial charge in [0.15, 0.2) is 5.76 Å². The van der Waals surface area contributed by atoms with Gasteiger partial charge in [0.2, 0.25) is 11.5 Å². The predicted octanol–water partition coefficient (Wildman–Crippen LogP) is 5.87. The highest BCUT2D eigenvalue weighted by Gasteiger charge is 2.14. The van der Waals surface area contributed by atoms with Crippen molar-refractivity contribution in [3.05, 3.63) is 47.7 Å². The van der Waals surface area contributed by atoms with Gasteiger partial charge in [-0.2, -0.15) is 0 Å². The standard InChI is InChI=1S/C20H32O5/c1-2-3-4-5-6-7-8-9-10-11-12-13-14-15-16-17(21)18(22)19(23)20(24)25/h12-16,21-23H,2-11H2,1H3,(H,24,25). The van der Waals surface area contributed by atoms with Crippen LogP contribution in [-0.4, -0.2) is 26.4 Å². The van der Waals surface area contributed by atoms with Gasteiger partial charge in [-0.3, -0.25) is 0 Å². The molecule has 4 N–H and O–H groups in total. The normalized spacial score (nSPS) is 13.6. The van der Waals surface area contributed by atoms with E-state index in [0.717, 1.165) is 18.9 Å². The van der Waals surface area contributed by atoms with Crippen LogP contribution >= 0.6 is 0 Å². The van der Waals surface area contributed by atoms with Gasteiger partial charge in [0, 0.05) is 0 Å². The molecule has 0 aromatic heterocycles. The molecule has 0 aliphatic carbocycles. The molecule has 0 unspecified atom stereocenters. The molecule has 0 atom stereocenters. The van der Waals surface area contributed by atoms with Crippen molar-refractivity contribution < 1.29 is 25.2 Å². The molecule has 0 rings (SSSR count). The molecule has 0 radical (unpaired) electrons. The lowest BCUT2D eigenvalue weighted by Crippen LogP contribution is -2.05. The minimum absolute atomic E-state index is 0.705. The predicted molar refractivity (Wildman–Crippen MR) is 101 cm³/mol. The van der Waals surface area contributed by atoms with Crippen molar-refractivity contribution in [2.24, 2.45) is 0 Å². The van der Waals surface area contributed by atoms with Crippen LogP contribution < -0.4 is 0 Å². The van der Waals surface area contributed by atoms with E-state index in [2.05, 4.69) is 6.92 Å². The summed E-state index contributed by atoms with van der Waals surface area (Å²) >= 11 is 0. The highest BCUT2D eigenvalue weighted by molar-refractivity contribution is 5.84. The third-order valence-corrected chi connectivity index (χ3v) is 3.76. The summed E-state index contributed by atoms with van der Waals surface area (Å²) in [6, 6.07) is 0. The van der Waals surface area contributed by atoms with Gasteiger partial charge < -0.3 is 20.4 Å². The van der Waals surface area contributed by atoms with Crippen LogP contribution in [0.5, 0.6) is 0 Å². The smallest absolute Gasteiger partial charge is 0.375 e. The number of carbonyl (C=O) groups is 1. The second-order valence-corrected chi connectivity index (χ2v) is 5.98. The van der Waals surface area contributed by atoms with Crippen molar-refractivity contribution in [2.75, 3.05) is 0 Å². The Morgan fingerprint density at radius 1 is 0.720 bits per heavy atom. The SMILES string of the molecule is CCCCCCCCCCCC=CC=CC=C(O)C(O)=C(O)C(=O)O. The van der Waals surface area contributed by atoms with E-state index in [4.69, 9.17) is 10.2 Å². The summed E-state index contributed by atoms with van der Waals surface area (Å²) in [4.78, 5) is 10.4. The zero-order valence-electron chi connectivity index (χ0n) is 15.2. The van der Waals surface area contributed by atoms with Crippen molar-refractivity contribution in [1.82, 2.24) is 0 Å². The summed E-state index contributed by atoms with van der Waals surface area (Å²) in [5.41, 5.74) is 0. The number of hydrogen-bond donors (Lipinski definition) is 4. The van der Waals surface area contributed by atoms with Gasteiger partial charge in [-0.15, -0.1) is 0 Å². The largest absolute Gasteiger partial charge is 0.504 e. The Balaban J connectivity index is 3.81. The van der Waals surface area contributed by atoms with Gasteiger partial charge in [-0.25, -0.2) is 4.79 Å². The molecule has 0 aliphatic heterocycles. The second kappa shape index (κ2) is 15.4. The number of allylic oxidation sites excluding steroid dienone is 5. The fourth-order valence-corrected chi connectivity index (χ4v) is 2.26. The Labute approximate surface area is 150 Å². The van der Waals surface area contributed by atoms with Crippen molar-refractivity contribution >= 4 is 5.97 Å². The fraction of sp³-hybridized carbons (Fsp3) is 0.550. The fourth-order valence-electron chi connectivity index (χ4n) is 2.26. The number of aliphatic carboxylic acids is 1. The van der Waals surface area contributed by atoms with Crippen LogP contribution in [0.15, 0.2) is 47.7 Å². The number of carboxylic acids is 1. The zero-order chi connectivity index (χ0) is 18.9. The first-order valence-electron chi connectivity index (χ1n) is 9.09. The van der Waals surface area contributed by atoms with Crippen LogP contribution in [0, 0.1) is 0 Å². The quantitative estimate of drug-likeness (QED) is 0.136. The Morgan fingerprint density at radius 2 is 1.28 bits per heavy atom. The molecule has 5 nitrogen and oxygen atoms in total. The second-order valence-electron chi connectivity index (χ2n) is 5.98. The first kappa shape index (κ1) is 22.8. The van der Waals surface area contributed by atoms with Crippen LogP contribution in [-0.2, 0) is 4.79 Å². The number of rotatable bonds is 14. The van der Waals surface area contributed by atoms with E-state index in [-0.39, 0.29) is 0 Å². The number of carboxylic acid groups (broad SMARTS) is 1. The van der Waals surface area contributed by atoms with Crippen molar-refractivity contribution in [2.45, 2.75) is 71.1 Å². The van der Waals surface area contributed by atoms with Crippen LogP contribution in [0.4, 0.5) is 0 Å². The maximum absolute atomic E-state index is 10.4. The van der Waals surface area contributed by atoms with Crippen LogP contribution in [0.1, 0.15) is 71.1 Å². The number of aliphatic hydroxyl groups is 3. The highest BCUT2D eigenvalue weighted by atomic mass is 16.4. The van der Waals surface area contributed by atoms with Crippen molar-refractivity contribution in [1.29, 1.82) is 0 Å². The number of unbranched alkanes of at least 4 members (excludes halogenated alkanes) is 9. The third-order valence-electron chi connectivity index (χ3n) is 3.76. The zero-order valence-corrected chi connectivity index (χ0v) is 15.2. The Morgan fingerprint density at radius 3 is 1.84 bits per heavy atom. The molecule has 0 aromatic carbocycles. The molecule has 0 aliphatic rings. The molecule has 0 saturated heterocycles. The molecule has 0 bridgehead atoms. The van der Waals surface area contributed by atoms with E-state index in [0.29, 0.717) is 0 Å². The van der Waals surface area contributed by atoms with Crippen molar-refractivity contribution in [3.63, 3.8) is 0 Å². The Hall–Kier alpha value is -2.17. The number of hydrogen-bond acceptors (Lipinski definition) is 4. The summed E-state index contributed by atoms with van der Waals surface area (Å²) in [7, 11) is 0. The molecular formula is C20H32O5. The maximum atomic E-state index is 10.4. The van der Waals surface area contributed by atoms with Crippen LogP contribution in [0.3, 0.4) is 0 Å².